The highest BCUT2D eigenvalue weighted by molar-refractivity contribution is 7.88. The van der Waals surface area contributed by atoms with Gasteiger partial charge in [0.05, 0.1) is 36.6 Å². The molecule has 1 saturated heterocycles. The number of nitriles is 2. The number of hydrogen-bond donors (Lipinski definition) is 0. The van der Waals surface area contributed by atoms with Crippen LogP contribution in [0.15, 0.2) is 24.3 Å². The third kappa shape index (κ3) is 3.34. The lowest BCUT2D eigenvalue weighted by atomic mass is 10.2. The summed E-state index contributed by atoms with van der Waals surface area (Å²) in [5.41, 5.74) is 1.10. The van der Waals surface area contributed by atoms with E-state index in [9.17, 15) is 8.42 Å². The summed E-state index contributed by atoms with van der Waals surface area (Å²) in [7, 11) is -3.48. The van der Waals surface area contributed by atoms with Crippen LogP contribution in [0.3, 0.4) is 0 Å². The molecule has 1 aromatic carbocycles. The van der Waals surface area contributed by atoms with E-state index < -0.39 is 16.1 Å². The van der Waals surface area contributed by atoms with E-state index >= 15 is 0 Å². The quantitative estimate of drug-likeness (QED) is 0.813. The van der Waals surface area contributed by atoms with Gasteiger partial charge in [-0.05, 0) is 17.7 Å². The summed E-state index contributed by atoms with van der Waals surface area (Å²) >= 11 is 0. The van der Waals surface area contributed by atoms with Crippen molar-refractivity contribution >= 4 is 10.0 Å². The maximum absolute atomic E-state index is 12.3. The molecule has 1 atom stereocenters. The predicted octanol–water partition coefficient (Wildman–Crippen LogP) is 0.612. The van der Waals surface area contributed by atoms with Crippen LogP contribution >= 0.6 is 0 Å². The molecule has 104 valence electrons. The van der Waals surface area contributed by atoms with Gasteiger partial charge in [0.1, 0.15) is 0 Å². The van der Waals surface area contributed by atoms with Gasteiger partial charge in [0, 0.05) is 6.54 Å². The van der Waals surface area contributed by atoms with E-state index in [-0.39, 0.29) is 25.4 Å². The second-order valence-corrected chi connectivity index (χ2v) is 6.38. The molecule has 1 aliphatic heterocycles. The molecule has 1 aliphatic rings. The predicted molar refractivity (Wildman–Crippen MR) is 70.7 cm³/mol. The Morgan fingerprint density at radius 3 is 2.60 bits per heavy atom. The molecular formula is C13H13N3O3S. The lowest BCUT2D eigenvalue weighted by molar-refractivity contribution is 0.0311. The maximum atomic E-state index is 12.3. The Hall–Kier alpha value is -1.93. The number of rotatable bonds is 3. The fraction of sp³-hybridized carbons (Fsp3) is 0.385. The normalized spacial score (nSPS) is 20.0. The Morgan fingerprint density at radius 2 is 2.00 bits per heavy atom. The van der Waals surface area contributed by atoms with Crippen molar-refractivity contribution in [1.29, 1.82) is 10.5 Å². The molecule has 0 aliphatic carbocycles. The van der Waals surface area contributed by atoms with Crippen molar-refractivity contribution < 1.29 is 13.2 Å². The molecule has 1 fully saturated rings. The molecule has 0 radical (unpaired) electrons. The average Bonchev–Trinajstić information content (AvgIpc) is 2.48. The fourth-order valence-electron chi connectivity index (χ4n) is 1.93. The van der Waals surface area contributed by atoms with Crippen molar-refractivity contribution in [1.82, 2.24) is 4.31 Å². The second kappa shape index (κ2) is 6.02. The van der Waals surface area contributed by atoms with E-state index in [1.54, 1.807) is 24.3 Å². The molecule has 0 N–H and O–H groups in total. The van der Waals surface area contributed by atoms with Crippen LogP contribution in [0.25, 0.3) is 0 Å². The molecule has 2 rings (SSSR count). The van der Waals surface area contributed by atoms with Crippen LogP contribution in [-0.4, -0.2) is 38.5 Å². The van der Waals surface area contributed by atoms with Crippen LogP contribution < -0.4 is 0 Å². The SMILES string of the molecule is N#Cc1ccc(CS(=O)(=O)N2CCOC(C#N)C2)cc1. The highest BCUT2D eigenvalue weighted by Gasteiger charge is 2.29. The van der Waals surface area contributed by atoms with Crippen molar-refractivity contribution in [2.75, 3.05) is 19.7 Å². The molecule has 0 spiro atoms. The van der Waals surface area contributed by atoms with Gasteiger partial charge in [-0.2, -0.15) is 14.8 Å². The Kier molecular flexibility index (Phi) is 4.35. The zero-order chi connectivity index (χ0) is 14.6. The Balaban J connectivity index is 2.10. The van der Waals surface area contributed by atoms with Crippen LogP contribution in [0.4, 0.5) is 0 Å². The number of nitrogens with zero attached hydrogens (tertiary/aromatic N) is 3. The van der Waals surface area contributed by atoms with Crippen molar-refractivity contribution in [2.24, 2.45) is 0 Å². The van der Waals surface area contributed by atoms with E-state index in [0.29, 0.717) is 11.1 Å². The molecular weight excluding hydrogens is 278 g/mol. The van der Waals surface area contributed by atoms with Crippen molar-refractivity contribution in [3.05, 3.63) is 35.4 Å². The Bertz CT molecular complexity index is 656. The van der Waals surface area contributed by atoms with Crippen LogP contribution in [0.2, 0.25) is 0 Å². The molecule has 7 heteroatoms. The van der Waals surface area contributed by atoms with E-state index in [4.69, 9.17) is 15.3 Å². The molecule has 0 amide bonds. The fourth-order valence-corrected chi connectivity index (χ4v) is 3.45. The van der Waals surface area contributed by atoms with Crippen LogP contribution in [-0.2, 0) is 20.5 Å². The lowest BCUT2D eigenvalue weighted by Crippen LogP contribution is -2.45. The van der Waals surface area contributed by atoms with E-state index in [1.807, 2.05) is 12.1 Å². The first-order valence-corrected chi connectivity index (χ1v) is 7.64. The van der Waals surface area contributed by atoms with E-state index in [2.05, 4.69) is 0 Å². The van der Waals surface area contributed by atoms with Gasteiger partial charge in [-0.15, -0.1) is 0 Å². The average molecular weight is 291 g/mol. The van der Waals surface area contributed by atoms with Gasteiger partial charge in [-0.25, -0.2) is 8.42 Å². The number of benzene rings is 1. The summed E-state index contributed by atoms with van der Waals surface area (Å²) in [6.45, 7) is 0.552. The number of ether oxygens (including phenoxy) is 1. The van der Waals surface area contributed by atoms with Gasteiger partial charge in [0.2, 0.25) is 10.0 Å². The Morgan fingerprint density at radius 1 is 1.30 bits per heavy atom. The largest absolute Gasteiger partial charge is 0.361 e. The summed E-state index contributed by atoms with van der Waals surface area (Å²) < 4.78 is 30.9. The van der Waals surface area contributed by atoms with Crippen molar-refractivity contribution in [3.8, 4) is 12.1 Å². The molecule has 0 bridgehead atoms. The van der Waals surface area contributed by atoms with Crippen LogP contribution in [0.5, 0.6) is 0 Å². The van der Waals surface area contributed by atoms with Gasteiger partial charge in [0.25, 0.3) is 0 Å². The molecule has 0 aromatic heterocycles. The standard InChI is InChI=1S/C13H13N3O3S/c14-7-11-1-3-12(4-2-11)10-20(17,18)16-5-6-19-13(8-15)9-16/h1-4,13H,5-6,9-10H2. The first-order chi connectivity index (χ1) is 9.55. The summed E-state index contributed by atoms with van der Waals surface area (Å²) in [4.78, 5) is 0. The third-order valence-electron chi connectivity index (χ3n) is 3.00. The number of sulfonamides is 1. The minimum absolute atomic E-state index is 0.0646. The van der Waals surface area contributed by atoms with Gasteiger partial charge in [-0.1, -0.05) is 12.1 Å². The molecule has 1 heterocycles. The zero-order valence-electron chi connectivity index (χ0n) is 10.7. The summed E-state index contributed by atoms with van der Waals surface area (Å²) in [6.07, 6.45) is -0.709. The van der Waals surface area contributed by atoms with Gasteiger partial charge in [0.15, 0.2) is 6.10 Å². The van der Waals surface area contributed by atoms with Gasteiger partial charge >= 0.3 is 0 Å². The topological polar surface area (TPSA) is 94.2 Å². The van der Waals surface area contributed by atoms with Gasteiger partial charge < -0.3 is 4.74 Å². The van der Waals surface area contributed by atoms with Crippen molar-refractivity contribution in [2.45, 2.75) is 11.9 Å². The van der Waals surface area contributed by atoms with Crippen LogP contribution in [0.1, 0.15) is 11.1 Å². The molecule has 1 aromatic rings. The second-order valence-electron chi connectivity index (χ2n) is 4.41. The zero-order valence-corrected chi connectivity index (χ0v) is 11.5. The summed E-state index contributed by atoms with van der Waals surface area (Å²) in [6, 6.07) is 10.3. The number of hydrogen-bond acceptors (Lipinski definition) is 5. The molecule has 1 unspecified atom stereocenters. The van der Waals surface area contributed by atoms with E-state index in [0.717, 1.165) is 0 Å². The first-order valence-electron chi connectivity index (χ1n) is 6.03. The van der Waals surface area contributed by atoms with E-state index in [1.165, 1.54) is 4.31 Å². The summed E-state index contributed by atoms with van der Waals surface area (Å²) in [5, 5.41) is 17.5. The molecule has 0 saturated carbocycles. The first kappa shape index (κ1) is 14.5. The minimum Gasteiger partial charge on any atom is -0.361 e. The highest BCUT2D eigenvalue weighted by Crippen LogP contribution is 2.15. The van der Waals surface area contributed by atoms with Gasteiger partial charge in [-0.3, -0.25) is 0 Å². The molecule has 6 nitrogen and oxygen atoms in total. The third-order valence-corrected chi connectivity index (χ3v) is 4.82. The maximum Gasteiger partial charge on any atom is 0.218 e. The minimum atomic E-state index is -3.48. The smallest absolute Gasteiger partial charge is 0.218 e. The highest BCUT2D eigenvalue weighted by atomic mass is 32.2. The van der Waals surface area contributed by atoms with Crippen LogP contribution in [0, 0.1) is 22.7 Å². The lowest BCUT2D eigenvalue weighted by Gasteiger charge is -2.28. The summed E-state index contributed by atoms with van der Waals surface area (Å²) in [5.74, 6) is -0.142. The number of morpholine rings is 1. The monoisotopic (exact) mass is 291 g/mol. The molecule has 20 heavy (non-hydrogen) atoms. The van der Waals surface area contributed by atoms with Crippen molar-refractivity contribution in [3.63, 3.8) is 0 Å². The Labute approximate surface area is 117 Å².